The van der Waals surface area contributed by atoms with Crippen molar-refractivity contribution in [3.05, 3.63) is 29.6 Å². The van der Waals surface area contributed by atoms with Gasteiger partial charge < -0.3 is 14.8 Å². The molecule has 0 saturated carbocycles. The van der Waals surface area contributed by atoms with Crippen LogP contribution >= 0.6 is 0 Å². The van der Waals surface area contributed by atoms with Crippen LogP contribution in [0.3, 0.4) is 0 Å². The Bertz CT molecular complexity index is 358. The van der Waals surface area contributed by atoms with Gasteiger partial charge in [-0.1, -0.05) is 13.0 Å². The molecule has 0 aromatic heterocycles. The lowest BCUT2D eigenvalue weighted by Crippen LogP contribution is -2.21. The second kappa shape index (κ2) is 8.06. The van der Waals surface area contributed by atoms with Crippen LogP contribution in [0.4, 0.5) is 4.39 Å². The second-order valence-corrected chi connectivity index (χ2v) is 4.14. The van der Waals surface area contributed by atoms with Crippen molar-refractivity contribution in [1.82, 2.24) is 5.32 Å². The minimum Gasteiger partial charge on any atom is -0.494 e. The molecule has 0 heterocycles. The van der Waals surface area contributed by atoms with Crippen LogP contribution in [0.15, 0.2) is 18.2 Å². The molecule has 1 atom stereocenters. The largest absolute Gasteiger partial charge is 0.494 e. The molecule has 0 aliphatic carbocycles. The molecular weight excluding hydrogens is 233 g/mol. The first-order valence-electron chi connectivity index (χ1n) is 6.28. The third-order valence-corrected chi connectivity index (χ3v) is 2.87. The van der Waals surface area contributed by atoms with Crippen LogP contribution in [0.5, 0.6) is 5.75 Å². The fourth-order valence-electron chi connectivity index (χ4n) is 1.96. The third-order valence-electron chi connectivity index (χ3n) is 2.87. The number of rotatable bonds is 8. The number of ether oxygens (including phenoxy) is 2. The molecule has 18 heavy (non-hydrogen) atoms. The van der Waals surface area contributed by atoms with Crippen molar-refractivity contribution in [3.63, 3.8) is 0 Å². The van der Waals surface area contributed by atoms with Crippen molar-refractivity contribution in [3.8, 4) is 5.75 Å². The highest BCUT2D eigenvalue weighted by atomic mass is 19.1. The predicted molar refractivity (Wildman–Crippen MR) is 70.5 cm³/mol. The number of hydrogen-bond acceptors (Lipinski definition) is 3. The number of hydrogen-bond donors (Lipinski definition) is 1. The topological polar surface area (TPSA) is 30.5 Å². The lowest BCUT2D eigenvalue weighted by Gasteiger charge is -2.18. The van der Waals surface area contributed by atoms with Gasteiger partial charge in [-0.2, -0.15) is 0 Å². The van der Waals surface area contributed by atoms with Gasteiger partial charge in [-0.3, -0.25) is 0 Å². The molecule has 1 aromatic carbocycles. The maximum absolute atomic E-state index is 13.7. The van der Waals surface area contributed by atoms with Gasteiger partial charge in [0.1, 0.15) is 0 Å². The van der Waals surface area contributed by atoms with Gasteiger partial charge in [-0.15, -0.1) is 0 Å². The van der Waals surface area contributed by atoms with E-state index in [1.165, 1.54) is 7.11 Å². The van der Waals surface area contributed by atoms with E-state index in [1.807, 2.05) is 13.0 Å². The Balaban J connectivity index is 2.74. The molecule has 0 fully saturated rings. The van der Waals surface area contributed by atoms with Crippen LogP contribution in [0.1, 0.15) is 31.4 Å². The average Bonchev–Trinajstić information content (AvgIpc) is 2.38. The fourth-order valence-corrected chi connectivity index (χ4v) is 1.96. The summed E-state index contributed by atoms with van der Waals surface area (Å²) >= 11 is 0. The highest BCUT2D eigenvalue weighted by molar-refractivity contribution is 5.31. The zero-order chi connectivity index (χ0) is 13.4. The van der Waals surface area contributed by atoms with Crippen molar-refractivity contribution < 1.29 is 13.9 Å². The lowest BCUT2D eigenvalue weighted by atomic mass is 10.0. The summed E-state index contributed by atoms with van der Waals surface area (Å²) in [5.41, 5.74) is 0.950. The van der Waals surface area contributed by atoms with Gasteiger partial charge in [0.25, 0.3) is 0 Å². The van der Waals surface area contributed by atoms with E-state index in [2.05, 4.69) is 5.32 Å². The molecule has 0 amide bonds. The summed E-state index contributed by atoms with van der Waals surface area (Å²) in [6.07, 6.45) is 1.87. The van der Waals surface area contributed by atoms with E-state index < -0.39 is 0 Å². The molecule has 1 unspecified atom stereocenters. The Morgan fingerprint density at radius 1 is 1.33 bits per heavy atom. The van der Waals surface area contributed by atoms with E-state index in [-0.39, 0.29) is 17.6 Å². The summed E-state index contributed by atoms with van der Waals surface area (Å²) in [6.45, 7) is 3.62. The zero-order valence-corrected chi connectivity index (χ0v) is 11.3. The highest BCUT2D eigenvalue weighted by Gasteiger charge is 2.12. The Hall–Kier alpha value is -1.13. The van der Waals surface area contributed by atoms with Gasteiger partial charge in [0.15, 0.2) is 11.6 Å². The summed E-state index contributed by atoms with van der Waals surface area (Å²) in [7, 11) is 3.16. The molecule has 102 valence electrons. The van der Waals surface area contributed by atoms with E-state index in [0.717, 1.165) is 31.6 Å². The van der Waals surface area contributed by atoms with Crippen molar-refractivity contribution in [2.45, 2.75) is 25.8 Å². The molecule has 1 N–H and O–H groups in total. The van der Waals surface area contributed by atoms with E-state index in [9.17, 15) is 4.39 Å². The first-order chi connectivity index (χ1) is 8.72. The zero-order valence-electron chi connectivity index (χ0n) is 11.3. The normalized spacial score (nSPS) is 12.4. The Labute approximate surface area is 108 Å². The molecule has 1 aromatic rings. The van der Waals surface area contributed by atoms with E-state index in [0.29, 0.717) is 0 Å². The Kier molecular flexibility index (Phi) is 6.68. The lowest BCUT2D eigenvalue weighted by molar-refractivity contribution is 0.189. The summed E-state index contributed by atoms with van der Waals surface area (Å²) in [5, 5.41) is 3.36. The Morgan fingerprint density at radius 2 is 2.11 bits per heavy atom. The van der Waals surface area contributed by atoms with Crippen LogP contribution in [0, 0.1) is 5.82 Å². The molecule has 0 saturated heterocycles. The Morgan fingerprint density at radius 3 is 2.67 bits per heavy atom. The predicted octanol–water partition coefficient (Wildman–Crippen LogP) is 2.91. The van der Waals surface area contributed by atoms with Gasteiger partial charge in [0, 0.05) is 19.8 Å². The average molecular weight is 255 g/mol. The molecule has 0 radical (unpaired) electrons. The van der Waals surface area contributed by atoms with Crippen LogP contribution in [-0.2, 0) is 4.74 Å². The minimum absolute atomic E-state index is 0.158. The molecule has 1 rings (SSSR count). The maximum Gasteiger partial charge on any atom is 0.165 e. The quantitative estimate of drug-likeness (QED) is 0.724. The van der Waals surface area contributed by atoms with Crippen LogP contribution in [0.2, 0.25) is 0 Å². The van der Waals surface area contributed by atoms with Gasteiger partial charge in [-0.05, 0) is 37.1 Å². The standard InChI is InChI=1S/C14H22FNO2/c1-4-16-13(6-5-9-17-2)11-7-8-14(18-3)12(15)10-11/h7-8,10,13,16H,4-6,9H2,1-3H3. The maximum atomic E-state index is 13.7. The van der Waals surface area contributed by atoms with Gasteiger partial charge in [-0.25, -0.2) is 4.39 Å². The third kappa shape index (κ3) is 4.27. The monoisotopic (exact) mass is 255 g/mol. The van der Waals surface area contributed by atoms with Crippen LogP contribution in [0.25, 0.3) is 0 Å². The van der Waals surface area contributed by atoms with Crippen molar-refractivity contribution >= 4 is 0 Å². The smallest absolute Gasteiger partial charge is 0.165 e. The van der Waals surface area contributed by atoms with E-state index >= 15 is 0 Å². The first kappa shape index (κ1) is 14.9. The summed E-state index contributed by atoms with van der Waals surface area (Å²) in [6, 6.07) is 5.28. The van der Waals surface area contributed by atoms with E-state index in [1.54, 1.807) is 19.2 Å². The molecule has 4 heteroatoms. The van der Waals surface area contributed by atoms with Crippen LogP contribution in [-0.4, -0.2) is 27.4 Å². The highest BCUT2D eigenvalue weighted by Crippen LogP contribution is 2.24. The summed E-state index contributed by atoms with van der Waals surface area (Å²) in [4.78, 5) is 0. The fraction of sp³-hybridized carbons (Fsp3) is 0.571. The summed E-state index contributed by atoms with van der Waals surface area (Å²) in [5.74, 6) is -0.0319. The number of halogens is 1. The molecule has 0 spiro atoms. The molecule has 0 aliphatic rings. The molecule has 0 aliphatic heterocycles. The molecule has 0 bridgehead atoms. The molecule has 3 nitrogen and oxygen atoms in total. The van der Waals surface area contributed by atoms with Gasteiger partial charge in [0.05, 0.1) is 7.11 Å². The van der Waals surface area contributed by atoms with Crippen LogP contribution < -0.4 is 10.1 Å². The summed E-state index contributed by atoms with van der Waals surface area (Å²) < 4.78 is 23.6. The molecular formula is C14H22FNO2. The SMILES string of the molecule is CCNC(CCCOC)c1ccc(OC)c(F)c1. The van der Waals surface area contributed by atoms with Gasteiger partial charge in [0.2, 0.25) is 0 Å². The van der Waals surface area contributed by atoms with Crippen molar-refractivity contribution in [2.75, 3.05) is 27.4 Å². The first-order valence-corrected chi connectivity index (χ1v) is 6.28. The van der Waals surface area contributed by atoms with Crippen molar-refractivity contribution in [2.24, 2.45) is 0 Å². The van der Waals surface area contributed by atoms with Gasteiger partial charge >= 0.3 is 0 Å². The second-order valence-electron chi connectivity index (χ2n) is 4.14. The minimum atomic E-state index is -0.315. The van der Waals surface area contributed by atoms with Crippen molar-refractivity contribution in [1.29, 1.82) is 0 Å². The number of methoxy groups -OCH3 is 2. The number of nitrogens with one attached hydrogen (secondary N) is 1. The number of benzene rings is 1. The van der Waals surface area contributed by atoms with E-state index in [4.69, 9.17) is 9.47 Å².